The van der Waals surface area contributed by atoms with Gasteiger partial charge < -0.3 is 13.9 Å². The van der Waals surface area contributed by atoms with E-state index in [1.807, 2.05) is 39.8 Å². The van der Waals surface area contributed by atoms with E-state index in [-0.39, 0.29) is 12.4 Å². The van der Waals surface area contributed by atoms with Gasteiger partial charge in [-0.3, -0.25) is 4.79 Å². The molecule has 0 aromatic carbocycles. The second kappa shape index (κ2) is 11.2. The first-order chi connectivity index (χ1) is 16.6. The first-order valence-corrected chi connectivity index (χ1v) is 12.0. The molecule has 0 aliphatic rings. The molecule has 4 rings (SSSR count). The maximum Gasteiger partial charge on any atom is 0.311 e. The van der Waals surface area contributed by atoms with Gasteiger partial charge >= 0.3 is 5.97 Å². The zero-order valence-corrected chi connectivity index (χ0v) is 22.1. The largest absolute Gasteiger partial charge is 0.466 e. The number of esters is 1. The van der Waals surface area contributed by atoms with Crippen LogP contribution in [0.1, 0.15) is 52.2 Å². The fraction of sp³-hybridized carbons (Fsp3) is 0.345. The third-order valence-corrected chi connectivity index (χ3v) is 5.72. The number of ether oxygens (including phenoxy) is 1. The Bertz CT molecular complexity index is 1270. The minimum atomic E-state index is -0.238. The summed E-state index contributed by atoms with van der Waals surface area (Å²) in [4.78, 5) is 20.7. The van der Waals surface area contributed by atoms with Crippen LogP contribution in [-0.2, 0) is 16.0 Å². The Balaban J connectivity index is 0.000000203. The molecule has 0 radical (unpaired) electrons. The molecule has 35 heavy (non-hydrogen) atoms. The minimum Gasteiger partial charge on any atom is -0.466 e. The smallest absolute Gasteiger partial charge is 0.311 e. The quantitative estimate of drug-likeness (QED) is 0.334. The highest BCUT2D eigenvalue weighted by Gasteiger charge is 2.11. The van der Waals surface area contributed by atoms with Crippen LogP contribution in [0.25, 0.3) is 11.6 Å². The van der Waals surface area contributed by atoms with Gasteiger partial charge in [0.15, 0.2) is 0 Å². The molecule has 6 nitrogen and oxygen atoms in total. The monoisotopic (exact) mass is 472 g/mol. The highest BCUT2D eigenvalue weighted by atomic mass is 16.5. The molecule has 0 aliphatic carbocycles. The normalized spacial score (nSPS) is 10.6. The summed E-state index contributed by atoms with van der Waals surface area (Å²) in [7, 11) is 0. The van der Waals surface area contributed by atoms with Crippen LogP contribution >= 0.6 is 0 Å². The van der Waals surface area contributed by atoms with Crippen molar-refractivity contribution in [1.29, 1.82) is 0 Å². The van der Waals surface area contributed by atoms with Crippen molar-refractivity contribution in [3.05, 3.63) is 93.8 Å². The van der Waals surface area contributed by atoms with Crippen molar-refractivity contribution < 1.29 is 9.53 Å². The number of carbonyl (C=O) groups excluding carboxylic acids is 1. The zero-order chi connectivity index (χ0) is 25.7. The van der Waals surface area contributed by atoms with Crippen molar-refractivity contribution in [2.45, 2.75) is 61.8 Å². The van der Waals surface area contributed by atoms with Crippen LogP contribution in [0.4, 0.5) is 0 Å². The number of aryl methyl sites for hydroxylation is 7. The average Bonchev–Trinajstić information content (AvgIpc) is 3.27. The molecule has 0 aliphatic heterocycles. The van der Waals surface area contributed by atoms with Gasteiger partial charge in [-0.1, -0.05) is 0 Å². The first-order valence-electron chi connectivity index (χ1n) is 12.0. The molecule has 0 spiro atoms. The van der Waals surface area contributed by atoms with Crippen LogP contribution in [0.5, 0.6) is 0 Å². The topological polar surface area (TPSA) is 61.9 Å². The second-order valence-corrected chi connectivity index (χ2v) is 9.02. The van der Waals surface area contributed by atoms with Gasteiger partial charge in [0.1, 0.15) is 11.6 Å². The molecule has 184 valence electrons. The van der Waals surface area contributed by atoms with E-state index in [0.29, 0.717) is 6.61 Å². The number of rotatable bonds is 5. The van der Waals surface area contributed by atoms with Crippen molar-refractivity contribution in [1.82, 2.24) is 19.1 Å². The zero-order valence-electron chi connectivity index (χ0n) is 22.1. The van der Waals surface area contributed by atoms with Crippen LogP contribution in [-0.4, -0.2) is 31.7 Å². The summed E-state index contributed by atoms with van der Waals surface area (Å²) >= 11 is 0. The molecule has 0 saturated carbocycles. The molecular formula is C29H36N4O2. The van der Waals surface area contributed by atoms with Crippen molar-refractivity contribution >= 4 is 5.97 Å². The van der Waals surface area contributed by atoms with E-state index < -0.39 is 0 Å². The van der Waals surface area contributed by atoms with Gasteiger partial charge in [0.05, 0.1) is 18.7 Å². The summed E-state index contributed by atoms with van der Waals surface area (Å²) in [6, 6.07) is 16.5. The van der Waals surface area contributed by atoms with Gasteiger partial charge in [0.25, 0.3) is 0 Å². The van der Waals surface area contributed by atoms with Crippen LogP contribution in [0.15, 0.2) is 48.5 Å². The highest BCUT2D eigenvalue weighted by Crippen LogP contribution is 2.18. The van der Waals surface area contributed by atoms with Crippen LogP contribution in [0.3, 0.4) is 0 Å². The molecule has 4 aromatic rings. The Morgan fingerprint density at radius 3 is 1.63 bits per heavy atom. The van der Waals surface area contributed by atoms with Crippen molar-refractivity contribution in [2.75, 3.05) is 6.61 Å². The maximum atomic E-state index is 11.6. The third-order valence-electron chi connectivity index (χ3n) is 5.72. The van der Waals surface area contributed by atoms with Gasteiger partial charge in [0, 0.05) is 28.5 Å². The Morgan fingerprint density at radius 1 is 0.714 bits per heavy atom. The van der Waals surface area contributed by atoms with Crippen molar-refractivity contribution in [3.8, 4) is 11.6 Å². The van der Waals surface area contributed by atoms with E-state index in [1.165, 1.54) is 17.0 Å². The Kier molecular flexibility index (Phi) is 8.28. The molecule has 0 N–H and O–H groups in total. The minimum absolute atomic E-state index is 0.210. The number of aromatic nitrogens is 4. The molecular weight excluding hydrogens is 436 g/mol. The molecule has 4 aromatic heterocycles. The number of hydrogen-bond donors (Lipinski definition) is 0. The van der Waals surface area contributed by atoms with E-state index in [9.17, 15) is 4.79 Å². The predicted molar refractivity (Wildman–Crippen MR) is 141 cm³/mol. The molecule has 0 unspecified atom stereocenters. The number of pyridine rings is 2. The van der Waals surface area contributed by atoms with Crippen LogP contribution in [0, 0.1) is 48.5 Å². The van der Waals surface area contributed by atoms with E-state index in [2.05, 4.69) is 76.3 Å². The van der Waals surface area contributed by atoms with Crippen molar-refractivity contribution in [2.24, 2.45) is 0 Å². The SMILES string of the molecule is CCOC(=O)Cc1cc(C)cc(-n2c(C)ccc2C)n1.Cc1cc(C)nc(-n2c(C)ccc2C)c1. The van der Waals surface area contributed by atoms with Gasteiger partial charge in [-0.25, -0.2) is 9.97 Å². The van der Waals surface area contributed by atoms with Crippen LogP contribution < -0.4 is 0 Å². The number of hydrogen-bond acceptors (Lipinski definition) is 4. The summed E-state index contributed by atoms with van der Waals surface area (Å²) in [6.07, 6.45) is 0.210. The Labute approximate surface area is 208 Å². The Hall–Kier alpha value is -3.67. The summed E-state index contributed by atoms with van der Waals surface area (Å²) in [5, 5.41) is 0. The first kappa shape index (κ1) is 25.9. The summed E-state index contributed by atoms with van der Waals surface area (Å²) in [6.45, 7) is 16.6. The van der Waals surface area contributed by atoms with Crippen molar-refractivity contribution in [3.63, 3.8) is 0 Å². The lowest BCUT2D eigenvalue weighted by Gasteiger charge is -2.11. The van der Waals surface area contributed by atoms with E-state index >= 15 is 0 Å². The summed E-state index contributed by atoms with van der Waals surface area (Å²) in [5.41, 5.74) is 8.86. The summed E-state index contributed by atoms with van der Waals surface area (Å²) in [5.74, 6) is 1.63. The lowest BCUT2D eigenvalue weighted by molar-refractivity contribution is -0.142. The lowest BCUT2D eigenvalue weighted by Crippen LogP contribution is -2.11. The maximum absolute atomic E-state index is 11.6. The van der Waals surface area contributed by atoms with Gasteiger partial charge in [0.2, 0.25) is 0 Å². The fourth-order valence-electron chi connectivity index (χ4n) is 4.28. The van der Waals surface area contributed by atoms with Crippen LogP contribution in [0.2, 0.25) is 0 Å². The average molecular weight is 473 g/mol. The molecule has 0 amide bonds. The Morgan fingerprint density at radius 2 is 1.17 bits per heavy atom. The molecule has 0 fully saturated rings. The highest BCUT2D eigenvalue weighted by molar-refractivity contribution is 5.72. The lowest BCUT2D eigenvalue weighted by atomic mass is 10.2. The predicted octanol–water partition coefficient (Wildman–Crippen LogP) is 6.01. The molecule has 0 atom stereocenters. The molecule has 0 saturated heterocycles. The number of carbonyl (C=O) groups is 1. The molecule has 0 bridgehead atoms. The fourth-order valence-corrected chi connectivity index (χ4v) is 4.28. The van der Waals surface area contributed by atoms with Gasteiger partial charge in [-0.2, -0.15) is 0 Å². The standard InChI is InChI=1S/C16H20N2O2.C13H16N2/c1-5-20-16(19)10-14-8-11(2)9-15(17-14)18-12(3)6-7-13(18)4;1-9-7-10(2)14-13(8-9)15-11(3)5-6-12(15)4/h6-9H,5,10H2,1-4H3;5-8H,1-4H3. The van der Waals surface area contributed by atoms with E-state index in [4.69, 9.17) is 4.74 Å². The van der Waals surface area contributed by atoms with Gasteiger partial charge in [-0.15, -0.1) is 0 Å². The molecule has 6 heteroatoms. The van der Waals surface area contributed by atoms with Gasteiger partial charge in [-0.05, 0) is 115 Å². The number of nitrogens with zero attached hydrogens (tertiary/aromatic N) is 4. The summed E-state index contributed by atoms with van der Waals surface area (Å²) < 4.78 is 9.24. The second-order valence-electron chi connectivity index (χ2n) is 9.02. The third kappa shape index (κ3) is 6.47. The molecule has 4 heterocycles. The van der Waals surface area contributed by atoms with E-state index in [0.717, 1.165) is 40.0 Å². The van der Waals surface area contributed by atoms with E-state index in [1.54, 1.807) is 6.92 Å².